The number of carbonyl (C=O) groups excluding carboxylic acids is 3. The van der Waals surface area contributed by atoms with E-state index in [0.717, 1.165) is 25.7 Å². The Hall–Kier alpha value is -3.95. The molecular formula is C24H26N4O6. The minimum absolute atomic E-state index is 0.161. The SMILES string of the molecule is COc1ccccc1C(=O)N1[C@H](CC(=O)Nc2cccc([N+](=O)[O-])c2)C(=O)N[C@@H]2CCCC[C@@H]21. The molecule has 34 heavy (non-hydrogen) atoms. The molecular weight excluding hydrogens is 440 g/mol. The summed E-state index contributed by atoms with van der Waals surface area (Å²) < 4.78 is 5.36. The van der Waals surface area contributed by atoms with Crippen LogP contribution in [0.4, 0.5) is 11.4 Å². The minimum atomic E-state index is -1.02. The second-order valence-corrected chi connectivity index (χ2v) is 8.46. The minimum Gasteiger partial charge on any atom is -0.496 e. The maximum Gasteiger partial charge on any atom is 0.271 e. The van der Waals surface area contributed by atoms with Crippen molar-refractivity contribution in [3.63, 3.8) is 0 Å². The molecule has 0 spiro atoms. The molecule has 1 aliphatic carbocycles. The van der Waals surface area contributed by atoms with Crippen molar-refractivity contribution in [2.45, 2.75) is 50.2 Å². The summed E-state index contributed by atoms with van der Waals surface area (Å²) in [7, 11) is 1.47. The molecule has 2 aromatic carbocycles. The molecule has 2 fully saturated rings. The molecule has 4 rings (SSSR count). The quantitative estimate of drug-likeness (QED) is 0.497. The number of nitrogens with zero attached hydrogens (tertiary/aromatic N) is 2. The van der Waals surface area contributed by atoms with Crippen molar-refractivity contribution in [2.75, 3.05) is 12.4 Å². The highest BCUT2D eigenvalue weighted by molar-refractivity contribution is 6.03. The van der Waals surface area contributed by atoms with Gasteiger partial charge in [0.2, 0.25) is 11.8 Å². The Labute approximate surface area is 196 Å². The van der Waals surface area contributed by atoms with Gasteiger partial charge in [0, 0.05) is 23.9 Å². The molecule has 0 radical (unpaired) electrons. The molecule has 0 bridgehead atoms. The van der Waals surface area contributed by atoms with Crippen molar-refractivity contribution in [1.29, 1.82) is 0 Å². The average Bonchev–Trinajstić information content (AvgIpc) is 2.84. The molecule has 0 aromatic heterocycles. The van der Waals surface area contributed by atoms with E-state index < -0.39 is 16.9 Å². The number of hydrogen-bond acceptors (Lipinski definition) is 6. The smallest absolute Gasteiger partial charge is 0.271 e. The number of carbonyl (C=O) groups is 3. The first-order chi connectivity index (χ1) is 16.4. The van der Waals surface area contributed by atoms with E-state index in [9.17, 15) is 24.5 Å². The van der Waals surface area contributed by atoms with Crippen molar-refractivity contribution < 1.29 is 24.0 Å². The summed E-state index contributed by atoms with van der Waals surface area (Å²) >= 11 is 0. The van der Waals surface area contributed by atoms with Crippen molar-refractivity contribution in [1.82, 2.24) is 10.2 Å². The van der Waals surface area contributed by atoms with Crippen molar-refractivity contribution in [3.05, 3.63) is 64.2 Å². The zero-order valence-electron chi connectivity index (χ0n) is 18.7. The van der Waals surface area contributed by atoms with Crippen LogP contribution >= 0.6 is 0 Å². The van der Waals surface area contributed by atoms with Gasteiger partial charge in [0.05, 0.1) is 30.1 Å². The Kier molecular flexibility index (Phi) is 6.76. The van der Waals surface area contributed by atoms with E-state index in [1.54, 1.807) is 24.3 Å². The van der Waals surface area contributed by atoms with Crippen LogP contribution < -0.4 is 15.4 Å². The summed E-state index contributed by atoms with van der Waals surface area (Å²) in [6.07, 6.45) is 3.07. The molecule has 3 amide bonds. The summed E-state index contributed by atoms with van der Waals surface area (Å²) in [6.45, 7) is 0. The number of para-hydroxylation sites is 1. The van der Waals surface area contributed by atoms with Crippen LogP contribution in [0.2, 0.25) is 0 Å². The van der Waals surface area contributed by atoms with E-state index in [4.69, 9.17) is 4.74 Å². The van der Waals surface area contributed by atoms with Gasteiger partial charge in [-0.05, 0) is 31.0 Å². The van der Waals surface area contributed by atoms with Crippen molar-refractivity contribution in [2.24, 2.45) is 0 Å². The van der Waals surface area contributed by atoms with Gasteiger partial charge in [0.15, 0.2) is 0 Å². The number of nitrogens with one attached hydrogen (secondary N) is 2. The third-order valence-corrected chi connectivity index (χ3v) is 6.34. The van der Waals surface area contributed by atoms with Crippen LogP contribution in [0.1, 0.15) is 42.5 Å². The maximum absolute atomic E-state index is 13.7. The fourth-order valence-corrected chi connectivity index (χ4v) is 4.78. The number of non-ortho nitro benzene ring substituents is 1. The number of anilines is 1. The highest BCUT2D eigenvalue weighted by Crippen LogP contribution is 2.32. The van der Waals surface area contributed by atoms with Crippen LogP contribution in [0.25, 0.3) is 0 Å². The van der Waals surface area contributed by atoms with Crippen molar-refractivity contribution >= 4 is 29.1 Å². The molecule has 0 unspecified atom stereocenters. The fourth-order valence-electron chi connectivity index (χ4n) is 4.78. The van der Waals surface area contributed by atoms with Gasteiger partial charge in [-0.25, -0.2) is 0 Å². The van der Waals surface area contributed by atoms with Gasteiger partial charge in [0.25, 0.3) is 11.6 Å². The lowest BCUT2D eigenvalue weighted by Crippen LogP contribution is -2.68. The predicted octanol–water partition coefficient (Wildman–Crippen LogP) is 2.88. The Morgan fingerprint density at radius 1 is 1.18 bits per heavy atom. The number of fused-ring (bicyclic) bond motifs is 1. The monoisotopic (exact) mass is 466 g/mol. The third-order valence-electron chi connectivity index (χ3n) is 6.34. The molecule has 2 aliphatic rings. The summed E-state index contributed by atoms with van der Waals surface area (Å²) in [5.41, 5.74) is 0.410. The van der Waals surface area contributed by atoms with Gasteiger partial charge >= 0.3 is 0 Å². The molecule has 1 saturated carbocycles. The topological polar surface area (TPSA) is 131 Å². The molecule has 10 heteroatoms. The van der Waals surface area contributed by atoms with Crippen LogP contribution in [0.5, 0.6) is 5.75 Å². The second kappa shape index (κ2) is 9.90. The zero-order chi connectivity index (χ0) is 24.2. The molecule has 1 saturated heterocycles. The van der Waals surface area contributed by atoms with Gasteiger partial charge in [-0.2, -0.15) is 0 Å². The van der Waals surface area contributed by atoms with Gasteiger partial charge in [-0.15, -0.1) is 0 Å². The summed E-state index contributed by atoms with van der Waals surface area (Å²) in [5.74, 6) is -0.878. The van der Waals surface area contributed by atoms with Crippen LogP contribution in [0.15, 0.2) is 48.5 Å². The highest BCUT2D eigenvalue weighted by Gasteiger charge is 2.46. The van der Waals surface area contributed by atoms with E-state index in [0.29, 0.717) is 11.3 Å². The zero-order valence-corrected chi connectivity index (χ0v) is 18.7. The van der Waals surface area contributed by atoms with Crippen LogP contribution in [-0.2, 0) is 9.59 Å². The van der Waals surface area contributed by atoms with Crippen molar-refractivity contribution in [3.8, 4) is 5.75 Å². The molecule has 1 aliphatic heterocycles. The molecule has 2 N–H and O–H groups in total. The molecule has 2 aromatic rings. The number of nitro benzene ring substituents is 1. The predicted molar refractivity (Wildman–Crippen MR) is 123 cm³/mol. The standard InChI is InChI=1S/C24H26N4O6/c1-34-21-12-5-2-9-17(21)24(31)27-19-11-4-3-10-18(19)26-23(30)20(27)14-22(29)25-15-7-6-8-16(13-15)28(32)33/h2,5-9,12-13,18-20H,3-4,10-11,14H2,1H3,(H,25,29)(H,26,30)/t18-,19+,20-/m1/s1. The first kappa shape index (κ1) is 23.2. The lowest BCUT2D eigenvalue weighted by Gasteiger charge is -2.48. The average molecular weight is 466 g/mol. The van der Waals surface area contributed by atoms with E-state index in [-0.39, 0.29) is 41.7 Å². The summed E-state index contributed by atoms with van der Waals surface area (Å²) in [4.78, 5) is 51.7. The van der Waals surface area contributed by atoms with Gasteiger partial charge in [0.1, 0.15) is 11.8 Å². The first-order valence-corrected chi connectivity index (χ1v) is 11.2. The molecule has 1 heterocycles. The number of nitro groups is 1. The number of amides is 3. The van der Waals surface area contributed by atoms with E-state index in [1.165, 1.54) is 36.3 Å². The lowest BCUT2D eigenvalue weighted by atomic mass is 9.84. The van der Waals surface area contributed by atoms with E-state index in [2.05, 4.69) is 10.6 Å². The molecule has 178 valence electrons. The lowest BCUT2D eigenvalue weighted by molar-refractivity contribution is -0.384. The number of ether oxygens (including phenoxy) is 1. The number of piperazine rings is 1. The molecule has 10 nitrogen and oxygen atoms in total. The number of hydrogen-bond donors (Lipinski definition) is 2. The largest absolute Gasteiger partial charge is 0.496 e. The summed E-state index contributed by atoms with van der Waals surface area (Å²) in [6, 6.07) is 10.9. The van der Waals surface area contributed by atoms with E-state index >= 15 is 0 Å². The number of benzene rings is 2. The second-order valence-electron chi connectivity index (χ2n) is 8.46. The van der Waals surface area contributed by atoms with Gasteiger partial charge < -0.3 is 20.3 Å². The first-order valence-electron chi connectivity index (χ1n) is 11.2. The highest BCUT2D eigenvalue weighted by atomic mass is 16.6. The molecule has 3 atom stereocenters. The normalized spacial score (nSPS) is 21.7. The Balaban J connectivity index is 1.61. The summed E-state index contributed by atoms with van der Waals surface area (Å²) in [5, 5.41) is 16.6. The number of rotatable bonds is 6. The Morgan fingerprint density at radius 2 is 1.94 bits per heavy atom. The van der Waals surface area contributed by atoms with Gasteiger partial charge in [-0.3, -0.25) is 24.5 Å². The van der Waals surface area contributed by atoms with Crippen LogP contribution in [0.3, 0.4) is 0 Å². The maximum atomic E-state index is 13.7. The van der Waals surface area contributed by atoms with Crippen LogP contribution in [-0.4, -0.2) is 52.8 Å². The fraction of sp³-hybridized carbons (Fsp3) is 0.375. The van der Waals surface area contributed by atoms with Gasteiger partial charge in [-0.1, -0.05) is 31.0 Å². The Morgan fingerprint density at radius 3 is 2.71 bits per heavy atom. The van der Waals surface area contributed by atoms with Crippen LogP contribution in [0, 0.1) is 10.1 Å². The Bertz CT molecular complexity index is 1120. The van der Waals surface area contributed by atoms with E-state index in [1.807, 2.05) is 0 Å². The third kappa shape index (κ3) is 4.70. The number of methoxy groups -OCH3 is 1.